The van der Waals surface area contributed by atoms with Gasteiger partial charge in [-0.15, -0.1) is 0 Å². The van der Waals surface area contributed by atoms with Crippen molar-refractivity contribution in [3.8, 4) is 0 Å². The highest BCUT2D eigenvalue weighted by Crippen LogP contribution is 2.35. The molecule has 0 saturated heterocycles. The molecule has 1 aromatic rings. The third kappa shape index (κ3) is 2.90. The fraction of sp³-hybridized carbons (Fsp3) is 0.533. The highest BCUT2D eigenvalue weighted by atomic mass is 127. The predicted octanol–water partition coefficient (Wildman–Crippen LogP) is 4.69. The smallest absolute Gasteiger partial charge is 0.167 e. The van der Waals surface area contributed by atoms with Crippen molar-refractivity contribution >= 4 is 28.4 Å². The zero-order valence-electron chi connectivity index (χ0n) is 10.3. The Kier molecular flexibility index (Phi) is 4.60. The van der Waals surface area contributed by atoms with E-state index in [9.17, 15) is 4.79 Å². The molecule has 0 bridgehead atoms. The summed E-state index contributed by atoms with van der Waals surface area (Å²) in [6.45, 7) is 2.21. The molecule has 1 aliphatic rings. The fourth-order valence-corrected chi connectivity index (χ4v) is 3.56. The molecule has 17 heavy (non-hydrogen) atoms. The van der Waals surface area contributed by atoms with E-state index >= 15 is 0 Å². The number of ketones is 1. The average molecular weight is 342 g/mol. The Bertz CT molecular complexity index is 400. The number of hydrogen-bond acceptors (Lipinski definition) is 1. The molecule has 0 amide bonds. The molecule has 0 spiro atoms. The number of rotatable bonds is 3. The van der Waals surface area contributed by atoms with E-state index in [1.807, 2.05) is 24.3 Å². The molecule has 2 atom stereocenters. The van der Waals surface area contributed by atoms with Crippen molar-refractivity contribution in [2.45, 2.75) is 39.0 Å². The van der Waals surface area contributed by atoms with Gasteiger partial charge in [-0.1, -0.05) is 44.4 Å². The van der Waals surface area contributed by atoms with Crippen LogP contribution in [0.5, 0.6) is 0 Å². The van der Waals surface area contributed by atoms with E-state index in [1.54, 1.807) is 0 Å². The summed E-state index contributed by atoms with van der Waals surface area (Å²) in [5.74, 6) is 1.25. The lowest BCUT2D eigenvalue weighted by molar-refractivity contribution is 0.0819. The number of carbonyl (C=O) groups excluding carboxylic acids is 1. The third-order valence-electron chi connectivity index (χ3n) is 3.91. The summed E-state index contributed by atoms with van der Waals surface area (Å²) in [7, 11) is 0. The van der Waals surface area contributed by atoms with Crippen LogP contribution in [0, 0.1) is 15.4 Å². The minimum absolute atomic E-state index is 0.268. The molecule has 1 fully saturated rings. The van der Waals surface area contributed by atoms with Crippen molar-refractivity contribution in [2.24, 2.45) is 11.8 Å². The van der Waals surface area contributed by atoms with Crippen LogP contribution in [-0.4, -0.2) is 5.78 Å². The van der Waals surface area contributed by atoms with E-state index in [-0.39, 0.29) is 5.92 Å². The van der Waals surface area contributed by atoms with Crippen molar-refractivity contribution in [3.05, 3.63) is 33.4 Å². The molecule has 0 aliphatic heterocycles. The molecular formula is C15H19IO. The van der Waals surface area contributed by atoms with Gasteiger partial charge in [0.1, 0.15) is 0 Å². The van der Waals surface area contributed by atoms with Gasteiger partial charge in [0.05, 0.1) is 0 Å². The SMILES string of the molecule is CCC1CCCCC1C(=O)c1ccccc1I. The summed E-state index contributed by atoms with van der Waals surface area (Å²) in [5, 5.41) is 0. The first kappa shape index (κ1) is 13.1. The van der Waals surface area contributed by atoms with Gasteiger partial charge in [-0.2, -0.15) is 0 Å². The van der Waals surface area contributed by atoms with Crippen LogP contribution in [0.2, 0.25) is 0 Å². The van der Waals surface area contributed by atoms with Gasteiger partial charge in [0.2, 0.25) is 0 Å². The van der Waals surface area contributed by atoms with Crippen LogP contribution >= 0.6 is 22.6 Å². The van der Waals surface area contributed by atoms with Gasteiger partial charge < -0.3 is 0 Å². The Morgan fingerprint density at radius 3 is 2.71 bits per heavy atom. The van der Waals surface area contributed by atoms with E-state index in [1.165, 1.54) is 19.3 Å². The first-order valence-corrected chi connectivity index (χ1v) is 7.60. The molecule has 92 valence electrons. The molecule has 0 heterocycles. The molecule has 2 heteroatoms. The van der Waals surface area contributed by atoms with Gasteiger partial charge in [0.25, 0.3) is 0 Å². The molecule has 1 saturated carbocycles. The van der Waals surface area contributed by atoms with Gasteiger partial charge in [-0.25, -0.2) is 0 Å². The lowest BCUT2D eigenvalue weighted by Gasteiger charge is -2.29. The van der Waals surface area contributed by atoms with Crippen LogP contribution in [0.25, 0.3) is 0 Å². The van der Waals surface area contributed by atoms with Crippen LogP contribution in [0.1, 0.15) is 49.4 Å². The summed E-state index contributed by atoms with van der Waals surface area (Å²) in [6, 6.07) is 7.97. The molecule has 1 nitrogen and oxygen atoms in total. The van der Waals surface area contributed by atoms with E-state index in [4.69, 9.17) is 0 Å². The second-order valence-corrected chi connectivity index (χ2v) is 6.07. The fourth-order valence-electron chi connectivity index (χ4n) is 2.90. The van der Waals surface area contributed by atoms with Crippen LogP contribution in [0.15, 0.2) is 24.3 Å². The topological polar surface area (TPSA) is 17.1 Å². The molecule has 0 radical (unpaired) electrons. The summed E-state index contributed by atoms with van der Waals surface area (Å²) < 4.78 is 1.09. The molecule has 0 N–H and O–H groups in total. The van der Waals surface area contributed by atoms with Crippen LogP contribution in [-0.2, 0) is 0 Å². The molecule has 0 aromatic heterocycles. The Hall–Kier alpha value is -0.380. The minimum Gasteiger partial charge on any atom is -0.294 e. The zero-order chi connectivity index (χ0) is 12.3. The predicted molar refractivity (Wildman–Crippen MR) is 79.2 cm³/mol. The Balaban J connectivity index is 2.21. The van der Waals surface area contributed by atoms with Crippen molar-refractivity contribution in [1.29, 1.82) is 0 Å². The van der Waals surface area contributed by atoms with Crippen molar-refractivity contribution < 1.29 is 4.79 Å². The maximum absolute atomic E-state index is 12.6. The first-order chi connectivity index (χ1) is 8.24. The van der Waals surface area contributed by atoms with E-state index in [2.05, 4.69) is 29.5 Å². The number of halogens is 1. The lowest BCUT2D eigenvalue weighted by Crippen LogP contribution is -2.27. The first-order valence-electron chi connectivity index (χ1n) is 6.52. The molecule has 2 unspecified atom stereocenters. The maximum atomic E-state index is 12.6. The standard InChI is InChI=1S/C15H19IO/c1-2-11-7-3-4-8-12(11)15(17)13-9-5-6-10-14(13)16/h5-6,9-12H,2-4,7-8H2,1H3. The number of hydrogen-bond donors (Lipinski definition) is 0. The summed E-state index contributed by atoms with van der Waals surface area (Å²) >= 11 is 2.27. The molecule has 1 aliphatic carbocycles. The lowest BCUT2D eigenvalue weighted by atomic mass is 9.74. The number of Topliss-reactive ketones (excluding diaryl/α,β-unsaturated/α-hetero) is 1. The van der Waals surface area contributed by atoms with E-state index < -0.39 is 0 Å². The number of benzene rings is 1. The van der Waals surface area contributed by atoms with Gasteiger partial charge in [0.15, 0.2) is 5.78 Å². The monoisotopic (exact) mass is 342 g/mol. The largest absolute Gasteiger partial charge is 0.294 e. The molecular weight excluding hydrogens is 323 g/mol. The van der Waals surface area contributed by atoms with Crippen molar-refractivity contribution in [3.63, 3.8) is 0 Å². The highest BCUT2D eigenvalue weighted by molar-refractivity contribution is 14.1. The maximum Gasteiger partial charge on any atom is 0.167 e. The second kappa shape index (κ2) is 5.98. The Morgan fingerprint density at radius 1 is 1.29 bits per heavy atom. The summed E-state index contributed by atoms with van der Waals surface area (Å²) in [6.07, 6.45) is 5.98. The van der Waals surface area contributed by atoms with Gasteiger partial charge in [0, 0.05) is 15.1 Å². The second-order valence-electron chi connectivity index (χ2n) is 4.90. The van der Waals surface area contributed by atoms with Crippen LogP contribution < -0.4 is 0 Å². The molecule has 1 aromatic carbocycles. The van der Waals surface area contributed by atoms with E-state index in [0.717, 1.165) is 22.0 Å². The van der Waals surface area contributed by atoms with Crippen LogP contribution in [0.3, 0.4) is 0 Å². The summed E-state index contributed by atoms with van der Waals surface area (Å²) in [4.78, 5) is 12.6. The van der Waals surface area contributed by atoms with Crippen molar-refractivity contribution in [2.75, 3.05) is 0 Å². The van der Waals surface area contributed by atoms with Gasteiger partial charge >= 0.3 is 0 Å². The zero-order valence-corrected chi connectivity index (χ0v) is 12.4. The minimum atomic E-state index is 0.268. The normalized spacial score (nSPS) is 24.6. The number of carbonyl (C=O) groups is 1. The van der Waals surface area contributed by atoms with Gasteiger partial charge in [-0.3, -0.25) is 4.79 Å². The van der Waals surface area contributed by atoms with Gasteiger partial charge in [-0.05, 0) is 47.4 Å². The molecule has 2 rings (SSSR count). The van der Waals surface area contributed by atoms with E-state index in [0.29, 0.717) is 11.7 Å². The average Bonchev–Trinajstić information content (AvgIpc) is 2.38. The Labute approximate surface area is 117 Å². The van der Waals surface area contributed by atoms with Crippen LogP contribution in [0.4, 0.5) is 0 Å². The third-order valence-corrected chi connectivity index (χ3v) is 4.85. The highest BCUT2D eigenvalue weighted by Gasteiger charge is 2.30. The quantitative estimate of drug-likeness (QED) is 0.575. The Morgan fingerprint density at radius 2 is 2.00 bits per heavy atom. The summed E-state index contributed by atoms with van der Waals surface area (Å²) in [5.41, 5.74) is 0.929. The van der Waals surface area contributed by atoms with Crippen molar-refractivity contribution in [1.82, 2.24) is 0 Å².